The molecule has 3 aromatic rings. The van der Waals surface area contributed by atoms with Crippen LogP contribution in [0.1, 0.15) is 5.56 Å². The number of benzene rings is 2. The molecule has 0 unspecified atom stereocenters. The largest absolute Gasteiger partial charge is 0.492 e. The minimum absolute atomic E-state index is 0.0217. The molecule has 1 aliphatic heterocycles. The number of rotatable bonds is 6. The predicted molar refractivity (Wildman–Crippen MR) is 123 cm³/mol. The number of terminal acetylenes is 1. The Kier molecular flexibility index (Phi) is 5.98. The average molecular weight is 481 g/mol. The Morgan fingerprint density at radius 1 is 1.17 bits per heavy atom. The standard InChI is InChI=1S/C23H17BrN2O3S/c1-2-10-26-22(27)21(30-23(26)28)13-16-15-25(20-9-8-17(24)14-19(16)20)11-12-29-18-6-4-3-5-7-18/h1,3-9,13-15H,10-12H2/b21-13-. The number of carbonyl (C=O) groups is 2. The quantitative estimate of drug-likeness (QED) is 0.361. The van der Waals surface area contributed by atoms with Crippen LogP contribution in [-0.2, 0) is 11.3 Å². The third kappa shape index (κ3) is 4.16. The molecule has 4 rings (SSSR count). The van der Waals surface area contributed by atoms with Gasteiger partial charge in [-0.2, -0.15) is 0 Å². The molecule has 2 heterocycles. The molecule has 1 aromatic heterocycles. The molecule has 150 valence electrons. The van der Waals surface area contributed by atoms with Crippen LogP contribution >= 0.6 is 27.7 Å². The maximum absolute atomic E-state index is 12.5. The fourth-order valence-corrected chi connectivity index (χ4v) is 4.43. The molecule has 2 amide bonds. The molecule has 0 saturated carbocycles. The summed E-state index contributed by atoms with van der Waals surface area (Å²) in [5.74, 6) is 2.82. The van der Waals surface area contributed by atoms with Crippen molar-refractivity contribution in [1.29, 1.82) is 0 Å². The van der Waals surface area contributed by atoms with Gasteiger partial charge in [0.05, 0.1) is 18.0 Å². The molecule has 1 saturated heterocycles. The smallest absolute Gasteiger partial charge is 0.294 e. The Bertz CT molecular complexity index is 1190. The first kappa shape index (κ1) is 20.3. The molecule has 30 heavy (non-hydrogen) atoms. The second-order valence-electron chi connectivity index (χ2n) is 6.57. The molecule has 0 radical (unpaired) electrons. The van der Waals surface area contributed by atoms with Crippen LogP contribution in [0.5, 0.6) is 5.75 Å². The molecule has 1 aliphatic rings. The van der Waals surface area contributed by atoms with Gasteiger partial charge < -0.3 is 9.30 Å². The van der Waals surface area contributed by atoms with Crippen molar-refractivity contribution in [2.75, 3.05) is 13.2 Å². The van der Waals surface area contributed by atoms with Crippen LogP contribution in [0.15, 0.2) is 64.1 Å². The first-order chi connectivity index (χ1) is 14.6. The maximum Gasteiger partial charge on any atom is 0.294 e. The number of ether oxygens (including phenoxy) is 1. The Balaban J connectivity index is 1.62. The van der Waals surface area contributed by atoms with Crippen molar-refractivity contribution in [2.45, 2.75) is 6.54 Å². The van der Waals surface area contributed by atoms with Crippen molar-refractivity contribution in [3.63, 3.8) is 0 Å². The van der Waals surface area contributed by atoms with Gasteiger partial charge in [-0.3, -0.25) is 14.5 Å². The monoisotopic (exact) mass is 480 g/mol. The Morgan fingerprint density at radius 3 is 2.73 bits per heavy atom. The van der Waals surface area contributed by atoms with E-state index >= 15 is 0 Å². The number of imide groups is 1. The van der Waals surface area contributed by atoms with E-state index in [4.69, 9.17) is 11.2 Å². The van der Waals surface area contributed by atoms with Crippen molar-refractivity contribution in [3.05, 3.63) is 69.7 Å². The van der Waals surface area contributed by atoms with Crippen molar-refractivity contribution in [3.8, 4) is 18.1 Å². The number of amides is 2. The molecule has 0 bridgehead atoms. The summed E-state index contributed by atoms with van der Waals surface area (Å²) in [7, 11) is 0. The summed E-state index contributed by atoms with van der Waals surface area (Å²) in [6.07, 6.45) is 9.00. The van der Waals surface area contributed by atoms with Gasteiger partial charge >= 0.3 is 0 Å². The van der Waals surface area contributed by atoms with Crippen LogP contribution in [0.3, 0.4) is 0 Å². The van der Waals surface area contributed by atoms with Crippen LogP contribution < -0.4 is 4.74 Å². The molecular formula is C23H17BrN2O3S. The highest BCUT2D eigenvalue weighted by Crippen LogP contribution is 2.34. The number of hydrogen-bond acceptors (Lipinski definition) is 4. The van der Waals surface area contributed by atoms with E-state index in [1.165, 1.54) is 0 Å². The minimum Gasteiger partial charge on any atom is -0.492 e. The van der Waals surface area contributed by atoms with Crippen LogP contribution in [-0.4, -0.2) is 33.8 Å². The first-order valence-electron chi connectivity index (χ1n) is 9.22. The first-order valence-corrected chi connectivity index (χ1v) is 10.8. The molecule has 1 fully saturated rings. The van der Waals surface area contributed by atoms with E-state index in [-0.39, 0.29) is 17.7 Å². The highest BCUT2D eigenvalue weighted by Gasteiger charge is 2.34. The number of carbonyl (C=O) groups excluding carboxylic acids is 2. The van der Waals surface area contributed by atoms with E-state index in [0.717, 1.165) is 43.4 Å². The molecule has 0 N–H and O–H groups in total. The molecular weight excluding hydrogens is 464 g/mol. The number of halogens is 1. The average Bonchev–Trinajstić information content (AvgIpc) is 3.21. The minimum atomic E-state index is -0.355. The van der Waals surface area contributed by atoms with Gasteiger partial charge in [0.2, 0.25) is 0 Å². The topological polar surface area (TPSA) is 51.5 Å². The summed E-state index contributed by atoms with van der Waals surface area (Å²) in [4.78, 5) is 26.1. The normalized spacial score (nSPS) is 15.2. The van der Waals surface area contributed by atoms with Crippen LogP contribution in [0.25, 0.3) is 17.0 Å². The second kappa shape index (κ2) is 8.82. The molecule has 7 heteroatoms. The van der Waals surface area contributed by atoms with Crippen molar-refractivity contribution < 1.29 is 14.3 Å². The SMILES string of the molecule is C#CCN1C(=O)S/C(=C\c2cn(CCOc3ccccc3)c3ccc(Br)cc23)C1=O. The van der Waals surface area contributed by atoms with Gasteiger partial charge in [0.15, 0.2) is 0 Å². The highest BCUT2D eigenvalue weighted by atomic mass is 79.9. The fraction of sp³-hybridized carbons (Fsp3) is 0.130. The summed E-state index contributed by atoms with van der Waals surface area (Å²) in [5.41, 5.74) is 1.88. The van der Waals surface area contributed by atoms with Gasteiger partial charge in [-0.15, -0.1) is 6.42 Å². The summed E-state index contributed by atoms with van der Waals surface area (Å²) < 4.78 is 8.84. The molecule has 2 aromatic carbocycles. The number of aromatic nitrogens is 1. The van der Waals surface area contributed by atoms with Crippen LogP contribution in [0, 0.1) is 12.3 Å². The van der Waals surface area contributed by atoms with E-state index < -0.39 is 0 Å². The van der Waals surface area contributed by atoms with E-state index in [2.05, 4.69) is 26.4 Å². The van der Waals surface area contributed by atoms with Crippen molar-refractivity contribution in [2.24, 2.45) is 0 Å². The number of hydrogen-bond donors (Lipinski definition) is 0. The third-order valence-electron chi connectivity index (χ3n) is 4.63. The second-order valence-corrected chi connectivity index (χ2v) is 8.48. The lowest BCUT2D eigenvalue weighted by atomic mass is 10.1. The van der Waals surface area contributed by atoms with Gasteiger partial charge in [-0.05, 0) is 48.2 Å². The zero-order valence-electron chi connectivity index (χ0n) is 15.9. The molecule has 5 nitrogen and oxygen atoms in total. The van der Waals surface area contributed by atoms with Crippen LogP contribution in [0.2, 0.25) is 0 Å². The van der Waals surface area contributed by atoms with Gasteiger partial charge in [0, 0.05) is 27.1 Å². The van der Waals surface area contributed by atoms with Gasteiger partial charge in [-0.25, -0.2) is 0 Å². The lowest BCUT2D eigenvalue weighted by Crippen LogP contribution is -2.28. The van der Waals surface area contributed by atoms with Gasteiger partial charge in [0.25, 0.3) is 11.1 Å². The molecule has 0 spiro atoms. The Morgan fingerprint density at radius 2 is 1.97 bits per heavy atom. The van der Waals surface area contributed by atoms with Crippen LogP contribution in [0.4, 0.5) is 4.79 Å². The van der Waals surface area contributed by atoms with Gasteiger partial charge in [-0.1, -0.05) is 40.0 Å². The molecule has 0 aliphatic carbocycles. The maximum atomic E-state index is 12.5. The Hall–Kier alpha value is -2.95. The van der Waals surface area contributed by atoms with E-state index in [0.29, 0.717) is 18.1 Å². The predicted octanol–water partition coefficient (Wildman–Crippen LogP) is 5.15. The van der Waals surface area contributed by atoms with Crippen molar-refractivity contribution in [1.82, 2.24) is 9.47 Å². The fourth-order valence-electron chi connectivity index (χ4n) is 3.24. The summed E-state index contributed by atoms with van der Waals surface area (Å²) in [6, 6.07) is 15.6. The zero-order valence-corrected chi connectivity index (χ0v) is 18.3. The van der Waals surface area contributed by atoms with E-state index in [1.807, 2.05) is 54.7 Å². The number of para-hydroxylation sites is 1. The van der Waals surface area contributed by atoms with Crippen molar-refractivity contribution >= 4 is 55.8 Å². The number of thioether (sulfide) groups is 1. The summed E-state index contributed by atoms with van der Waals surface area (Å²) in [6.45, 7) is 1.12. The summed E-state index contributed by atoms with van der Waals surface area (Å²) in [5, 5.41) is 0.637. The summed E-state index contributed by atoms with van der Waals surface area (Å²) >= 11 is 4.42. The highest BCUT2D eigenvalue weighted by molar-refractivity contribution is 9.10. The lowest BCUT2D eigenvalue weighted by Gasteiger charge is -2.08. The third-order valence-corrected chi connectivity index (χ3v) is 6.03. The van der Waals surface area contributed by atoms with E-state index in [9.17, 15) is 9.59 Å². The van der Waals surface area contributed by atoms with E-state index in [1.54, 1.807) is 6.08 Å². The zero-order chi connectivity index (χ0) is 21.1. The Labute approximate surface area is 186 Å². The molecule has 0 atom stereocenters. The lowest BCUT2D eigenvalue weighted by molar-refractivity contribution is -0.122. The number of fused-ring (bicyclic) bond motifs is 1. The van der Waals surface area contributed by atoms with Gasteiger partial charge in [0.1, 0.15) is 12.4 Å². The number of nitrogens with zero attached hydrogens (tertiary/aromatic N) is 2.